The normalized spacial score (nSPS) is 11.6. The first-order valence-electron chi connectivity index (χ1n) is 10.4. The summed E-state index contributed by atoms with van der Waals surface area (Å²) in [5.41, 5.74) is 0.103. The van der Waals surface area contributed by atoms with Gasteiger partial charge in [0.15, 0.2) is 0 Å². The number of hydrogen-bond acceptors (Lipinski definition) is 4. The molecule has 0 atom stereocenters. The molecule has 2 aliphatic rings. The van der Waals surface area contributed by atoms with Crippen LogP contribution in [0.1, 0.15) is 22.3 Å². The second kappa shape index (κ2) is 9.52. The number of para-hydroxylation sites is 1. The Labute approximate surface area is 192 Å². The molecule has 0 spiro atoms. The molecule has 176 valence electrons. The van der Waals surface area contributed by atoms with Crippen LogP contribution in [0, 0.1) is 0 Å². The zero-order chi connectivity index (χ0) is 24.3. The fraction of sp³-hybridized carbons (Fsp3) is 0.208. The molecule has 0 saturated heterocycles. The number of alkyl halides is 3. The smallest absolute Gasteiger partial charge is 0.385 e. The maximum atomic E-state index is 13.1. The number of carbonyl (C=O) groups is 1. The Morgan fingerprint density at radius 1 is 1.06 bits per heavy atom. The summed E-state index contributed by atoms with van der Waals surface area (Å²) in [6.45, 7) is 0.978. The largest absolute Gasteiger partial charge is 0.416 e. The summed E-state index contributed by atoms with van der Waals surface area (Å²) in [5, 5.41) is 6.98. The fourth-order valence-electron chi connectivity index (χ4n) is 3.53. The Balaban J connectivity index is 1.73. The molecular formula is C24H21F3N4O3. The summed E-state index contributed by atoms with van der Waals surface area (Å²) in [5.74, 6) is -0.594. The van der Waals surface area contributed by atoms with E-state index in [1.54, 1.807) is 48.3 Å². The van der Waals surface area contributed by atoms with Gasteiger partial charge in [0.1, 0.15) is 5.69 Å². The molecular weight excluding hydrogens is 449 g/mol. The van der Waals surface area contributed by atoms with Crippen molar-refractivity contribution in [2.45, 2.75) is 19.1 Å². The Bertz CT molecular complexity index is 1310. The van der Waals surface area contributed by atoms with Gasteiger partial charge in [0.05, 0.1) is 22.4 Å². The lowest BCUT2D eigenvalue weighted by molar-refractivity contribution is -0.137. The lowest BCUT2D eigenvalue weighted by Crippen LogP contribution is -2.18. The third kappa shape index (κ3) is 4.86. The van der Waals surface area contributed by atoms with Gasteiger partial charge in [0.2, 0.25) is 0 Å². The van der Waals surface area contributed by atoms with Crippen molar-refractivity contribution in [3.05, 3.63) is 88.5 Å². The number of benzene rings is 2. The van der Waals surface area contributed by atoms with E-state index in [9.17, 15) is 22.8 Å². The maximum Gasteiger partial charge on any atom is 0.416 e. The van der Waals surface area contributed by atoms with Crippen LogP contribution in [0.5, 0.6) is 0 Å². The number of anilines is 1. The number of nitrogens with zero attached hydrogens (tertiary/aromatic N) is 3. The van der Waals surface area contributed by atoms with Gasteiger partial charge in [0.25, 0.3) is 11.5 Å². The monoisotopic (exact) mass is 470 g/mol. The van der Waals surface area contributed by atoms with Crippen molar-refractivity contribution in [2.75, 3.05) is 19.0 Å². The van der Waals surface area contributed by atoms with Crippen LogP contribution in [-0.2, 0) is 17.5 Å². The number of carbonyl (C=O) groups excluding carboxylic acids is 1. The van der Waals surface area contributed by atoms with Gasteiger partial charge in [0, 0.05) is 38.3 Å². The van der Waals surface area contributed by atoms with Crippen molar-refractivity contribution in [3.63, 3.8) is 0 Å². The predicted octanol–water partition coefficient (Wildman–Crippen LogP) is 4.45. The average molecular weight is 470 g/mol. The molecule has 10 heteroatoms. The van der Waals surface area contributed by atoms with Gasteiger partial charge in [-0.05, 0) is 42.8 Å². The summed E-state index contributed by atoms with van der Waals surface area (Å²) in [6.07, 6.45) is -0.627. The van der Waals surface area contributed by atoms with Gasteiger partial charge < -0.3 is 14.6 Å². The van der Waals surface area contributed by atoms with Gasteiger partial charge in [-0.15, -0.1) is 0 Å². The van der Waals surface area contributed by atoms with Gasteiger partial charge in [-0.3, -0.25) is 9.59 Å². The molecule has 7 nitrogen and oxygen atoms in total. The summed E-state index contributed by atoms with van der Waals surface area (Å²) >= 11 is 0. The predicted molar refractivity (Wildman–Crippen MR) is 120 cm³/mol. The summed E-state index contributed by atoms with van der Waals surface area (Å²) in [6, 6.07) is 12.9. The van der Waals surface area contributed by atoms with Crippen molar-refractivity contribution < 1.29 is 22.7 Å². The highest BCUT2D eigenvalue weighted by Gasteiger charge is 2.30. The number of pyridine rings is 1. The standard InChI is InChI=1S/C24H21F3N4O3/c1-34-13-5-12-30-14-19(22(32)28-17-10-8-16(9-11-17)24(25,26)27)21-20(15-30)23(33)31(29-21)18-6-3-2-4-7-18/h2-4,6-11,14-15H,5,12-13H2,1H3,(H,28,32). The first-order chi connectivity index (χ1) is 16.3. The highest BCUT2D eigenvalue weighted by molar-refractivity contribution is 6.08. The molecule has 0 unspecified atom stereocenters. The Morgan fingerprint density at radius 3 is 2.41 bits per heavy atom. The maximum absolute atomic E-state index is 13.1. The third-order valence-corrected chi connectivity index (χ3v) is 5.20. The van der Waals surface area contributed by atoms with E-state index in [2.05, 4.69) is 10.4 Å². The van der Waals surface area contributed by atoms with Crippen molar-refractivity contribution in [1.82, 2.24) is 14.3 Å². The molecule has 34 heavy (non-hydrogen) atoms. The van der Waals surface area contributed by atoms with Crippen molar-refractivity contribution in [2.24, 2.45) is 0 Å². The number of ether oxygens (including phenoxy) is 1. The Hall–Kier alpha value is -3.92. The van der Waals surface area contributed by atoms with Crippen LogP contribution >= 0.6 is 0 Å². The molecule has 0 radical (unpaired) electrons. The van der Waals surface area contributed by atoms with E-state index in [1.165, 1.54) is 16.8 Å². The number of aryl methyl sites for hydroxylation is 1. The molecule has 0 saturated carbocycles. The van der Waals surface area contributed by atoms with Crippen LogP contribution < -0.4 is 10.9 Å². The highest BCUT2D eigenvalue weighted by atomic mass is 19.4. The average Bonchev–Trinajstić information content (AvgIpc) is 3.15. The van der Waals surface area contributed by atoms with Gasteiger partial charge in [-0.25, -0.2) is 0 Å². The number of nitrogens with one attached hydrogen (secondary N) is 1. The summed E-state index contributed by atoms with van der Waals surface area (Å²) < 4.78 is 46.5. The quantitative estimate of drug-likeness (QED) is 0.405. The van der Waals surface area contributed by atoms with Gasteiger partial charge in [-0.1, -0.05) is 18.2 Å². The number of aromatic nitrogens is 3. The summed E-state index contributed by atoms with van der Waals surface area (Å²) in [7, 11) is 1.58. The molecule has 2 aromatic carbocycles. The minimum Gasteiger partial charge on any atom is -0.385 e. The van der Waals surface area contributed by atoms with Crippen LogP contribution in [0.25, 0.3) is 16.9 Å². The van der Waals surface area contributed by atoms with Crippen molar-refractivity contribution in [1.29, 1.82) is 0 Å². The SMILES string of the molecule is COCCCn1cc(C(=O)Nc2ccc(C(F)(F)F)cc2)c2nn(-c3ccccc3)c(=O)c-2c1. The van der Waals surface area contributed by atoms with E-state index in [4.69, 9.17) is 4.74 Å². The van der Waals surface area contributed by atoms with Gasteiger partial charge in [-0.2, -0.15) is 23.0 Å². The minimum atomic E-state index is -4.48. The van der Waals surface area contributed by atoms with E-state index in [0.29, 0.717) is 25.3 Å². The molecule has 0 aromatic heterocycles. The number of rotatable bonds is 7. The zero-order valence-electron chi connectivity index (χ0n) is 18.2. The van der Waals surface area contributed by atoms with E-state index in [0.717, 1.165) is 12.1 Å². The molecule has 0 bridgehead atoms. The lowest BCUT2D eigenvalue weighted by Gasteiger charge is -2.13. The number of fused-ring (bicyclic) bond motifs is 1. The zero-order valence-corrected chi connectivity index (χ0v) is 18.2. The first-order valence-corrected chi connectivity index (χ1v) is 10.4. The molecule has 1 N–H and O–H groups in total. The van der Waals surface area contributed by atoms with Crippen LogP contribution in [-0.4, -0.2) is 34.0 Å². The number of methoxy groups -OCH3 is 1. The molecule has 2 aromatic rings. The molecule has 2 heterocycles. The second-order valence-corrected chi connectivity index (χ2v) is 7.60. The highest BCUT2D eigenvalue weighted by Crippen LogP contribution is 2.30. The van der Waals surface area contributed by atoms with Gasteiger partial charge >= 0.3 is 6.18 Å². The van der Waals surface area contributed by atoms with E-state index in [1.807, 2.05) is 6.07 Å². The molecule has 2 aliphatic heterocycles. The number of amides is 1. The van der Waals surface area contributed by atoms with E-state index >= 15 is 0 Å². The van der Waals surface area contributed by atoms with Crippen molar-refractivity contribution >= 4 is 11.6 Å². The van der Waals surface area contributed by atoms with E-state index < -0.39 is 17.6 Å². The third-order valence-electron chi connectivity index (χ3n) is 5.20. The van der Waals surface area contributed by atoms with Crippen molar-refractivity contribution in [3.8, 4) is 16.9 Å². The molecule has 0 fully saturated rings. The lowest BCUT2D eigenvalue weighted by atomic mass is 10.1. The summed E-state index contributed by atoms with van der Waals surface area (Å²) in [4.78, 5) is 26.2. The van der Waals surface area contributed by atoms with E-state index in [-0.39, 0.29) is 28.1 Å². The van der Waals surface area contributed by atoms with Crippen LogP contribution in [0.2, 0.25) is 0 Å². The first kappa shape index (κ1) is 23.2. The Morgan fingerprint density at radius 2 is 1.76 bits per heavy atom. The van der Waals surface area contributed by atoms with Crippen LogP contribution in [0.4, 0.5) is 18.9 Å². The fourth-order valence-corrected chi connectivity index (χ4v) is 3.53. The number of hydrogen-bond donors (Lipinski definition) is 1. The van der Waals surface area contributed by atoms with Crippen LogP contribution in [0.3, 0.4) is 0 Å². The molecule has 1 amide bonds. The molecule has 4 rings (SSSR count). The van der Waals surface area contributed by atoms with Crippen LogP contribution in [0.15, 0.2) is 71.8 Å². The second-order valence-electron chi connectivity index (χ2n) is 7.60. The Kier molecular flexibility index (Phi) is 6.51. The molecule has 0 aliphatic carbocycles. The topological polar surface area (TPSA) is 78.2 Å². The minimum absolute atomic E-state index is 0.126. The number of halogens is 3.